The van der Waals surface area contributed by atoms with E-state index in [4.69, 9.17) is 5.73 Å². The van der Waals surface area contributed by atoms with Gasteiger partial charge in [0, 0.05) is 24.8 Å². The average Bonchev–Trinajstić information content (AvgIpc) is 2.62. The van der Waals surface area contributed by atoms with Crippen molar-refractivity contribution in [2.75, 3.05) is 18.0 Å². The number of nitrogens with zero attached hydrogens (tertiary/aromatic N) is 1. The Morgan fingerprint density at radius 3 is 2.64 bits per heavy atom. The van der Waals surface area contributed by atoms with E-state index in [-0.39, 0.29) is 42.6 Å². The molecular formula is C21H28Cl2FN3O. The third-order valence-electron chi connectivity index (χ3n) is 4.90. The van der Waals surface area contributed by atoms with Crippen LogP contribution in [0.1, 0.15) is 24.0 Å². The van der Waals surface area contributed by atoms with Crippen LogP contribution in [0.5, 0.6) is 0 Å². The first kappa shape index (κ1) is 24.2. The predicted molar refractivity (Wildman–Crippen MR) is 117 cm³/mol. The topological polar surface area (TPSA) is 58.4 Å². The van der Waals surface area contributed by atoms with E-state index < -0.39 is 6.04 Å². The Bertz CT molecular complexity index is 761. The number of aryl methyl sites for hydroxylation is 1. The Labute approximate surface area is 178 Å². The molecule has 3 rings (SSSR count). The molecule has 1 amide bonds. The SMILES string of the molecule is Cc1cc(F)ccc1N1CCCC(NC(=O)C(N)Cc2ccccc2)C1.Cl.Cl. The molecule has 4 nitrogen and oxygen atoms in total. The number of halogens is 3. The Hall–Kier alpha value is -1.82. The summed E-state index contributed by atoms with van der Waals surface area (Å²) in [7, 11) is 0. The number of hydrogen-bond acceptors (Lipinski definition) is 3. The first-order valence-electron chi connectivity index (χ1n) is 9.14. The van der Waals surface area contributed by atoms with Gasteiger partial charge in [-0.05, 0) is 55.5 Å². The van der Waals surface area contributed by atoms with Gasteiger partial charge in [-0.3, -0.25) is 4.79 Å². The van der Waals surface area contributed by atoms with Gasteiger partial charge in [0.05, 0.1) is 6.04 Å². The smallest absolute Gasteiger partial charge is 0.237 e. The molecule has 7 heteroatoms. The molecule has 1 fully saturated rings. The van der Waals surface area contributed by atoms with Crippen molar-refractivity contribution in [1.29, 1.82) is 0 Å². The number of anilines is 1. The highest BCUT2D eigenvalue weighted by atomic mass is 35.5. The van der Waals surface area contributed by atoms with Crippen LogP contribution in [-0.2, 0) is 11.2 Å². The third-order valence-corrected chi connectivity index (χ3v) is 4.90. The molecule has 0 spiro atoms. The molecule has 0 bridgehead atoms. The van der Waals surface area contributed by atoms with Crippen LogP contribution in [0.4, 0.5) is 10.1 Å². The van der Waals surface area contributed by atoms with Gasteiger partial charge in [-0.25, -0.2) is 4.39 Å². The molecule has 0 saturated carbocycles. The highest BCUT2D eigenvalue weighted by Crippen LogP contribution is 2.24. The Kier molecular flexibility index (Phi) is 9.73. The molecule has 3 N–H and O–H groups in total. The largest absolute Gasteiger partial charge is 0.369 e. The van der Waals surface area contributed by atoms with Gasteiger partial charge in [-0.1, -0.05) is 30.3 Å². The minimum absolute atomic E-state index is 0. The number of rotatable bonds is 5. The van der Waals surface area contributed by atoms with Gasteiger partial charge in [0.15, 0.2) is 0 Å². The minimum atomic E-state index is -0.555. The number of benzene rings is 2. The zero-order valence-corrected chi connectivity index (χ0v) is 17.6. The molecule has 1 saturated heterocycles. The monoisotopic (exact) mass is 427 g/mol. The molecule has 1 heterocycles. The zero-order valence-electron chi connectivity index (χ0n) is 15.9. The zero-order chi connectivity index (χ0) is 18.5. The lowest BCUT2D eigenvalue weighted by Gasteiger charge is -2.36. The van der Waals surface area contributed by atoms with Crippen LogP contribution in [0.15, 0.2) is 48.5 Å². The van der Waals surface area contributed by atoms with Gasteiger partial charge >= 0.3 is 0 Å². The fraction of sp³-hybridized carbons (Fsp3) is 0.381. The molecular weight excluding hydrogens is 400 g/mol. The molecule has 0 radical (unpaired) electrons. The molecule has 2 unspecified atom stereocenters. The van der Waals surface area contributed by atoms with E-state index in [0.29, 0.717) is 6.42 Å². The third kappa shape index (κ3) is 6.36. The summed E-state index contributed by atoms with van der Waals surface area (Å²) in [6.45, 7) is 3.54. The minimum Gasteiger partial charge on any atom is -0.369 e. The lowest BCUT2D eigenvalue weighted by atomic mass is 10.0. The molecule has 0 aliphatic carbocycles. The van der Waals surface area contributed by atoms with Crippen molar-refractivity contribution in [3.05, 3.63) is 65.5 Å². The van der Waals surface area contributed by atoms with E-state index >= 15 is 0 Å². The number of amides is 1. The standard InChI is InChI=1S/C21H26FN3O.2ClH/c1-15-12-17(22)9-10-20(15)25-11-5-8-18(14-25)24-21(26)19(23)13-16-6-3-2-4-7-16;;/h2-4,6-7,9-10,12,18-19H,5,8,11,13-14,23H2,1H3,(H,24,26);2*1H. The Balaban J connectivity index is 0.00000196. The summed E-state index contributed by atoms with van der Waals surface area (Å²) in [4.78, 5) is 14.7. The molecule has 2 atom stereocenters. The summed E-state index contributed by atoms with van der Waals surface area (Å²) in [6.07, 6.45) is 2.44. The van der Waals surface area contributed by atoms with Gasteiger partial charge in [0.2, 0.25) is 5.91 Å². The summed E-state index contributed by atoms with van der Waals surface area (Å²) in [5.41, 5.74) is 9.08. The summed E-state index contributed by atoms with van der Waals surface area (Å²) in [5.74, 6) is -0.337. The fourth-order valence-electron chi connectivity index (χ4n) is 3.56. The van der Waals surface area contributed by atoms with Crippen molar-refractivity contribution < 1.29 is 9.18 Å². The van der Waals surface area contributed by atoms with E-state index in [1.807, 2.05) is 43.3 Å². The normalized spacial score (nSPS) is 17.1. The lowest BCUT2D eigenvalue weighted by Crippen LogP contribution is -2.52. The predicted octanol–water partition coefficient (Wildman–Crippen LogP) is 3.63. The Morgan fingerprint density at radius 2 is 1.96 bits per heavy atom. The van der Waals surface area contributed by atoms with E-state index in [1.54, 1.807) is 6.07 Å². The summed E-state index contributed by atoms with van der Waals surface area (Å²) < 4.78 is 13.3. The molecule has 0 aromatic heterocycles. The fourth-order valence-corrected chi connectivity index (χ4v) is 3.56. The van der Waals surface area contributed by atoms with Gasteiger partial charge < -0.3 is 16.0 Å². The first-order chi connectivity index (χ1) is 12.5. The average molecular weight is 428 g/mol. The van der Waals surface area contributed by atoms with Gasteiger partial charge in [0.25, 0.3) is 0 Å². The van der Waals surface area contributed by atoms with Crippen LogP contribution >= 0.6 is 24.8 Å². The van der Waals surface area contributed by atoms with Crippen molar-refractivity contribution in [2.45, 2.75) is 38.3 Å². The summed E-state index contributed by atoms with van der Waals surface area (Å²) in [6, 6.07) is 14.2. The van der Waals surface area contributed by atoms with Crippen LogP contribution in [-0.4, -0.2) is 31.1 Å². The van der Waals surface area contributed by atoms with Crippen molar-refractivity contribution in [2.24, 2.45) is 5.73 Å². The quantitative estimate of drug-likeness (QED) is 0.765. The van der Waals surface area contributed by atoms with E-state index in [2.05, 4.69) is 10.2 Å². The molecule has 154 valence electrons. The second kappa shape index (κ2) is 11.2. The maximum atomic E-state index is 13.3. The van der Waals surface area contributed by atoms with E-state index in [9.17, 15) is 9.18 Å². The van der Waals surface area contributed by atoms with Crippen LogP contribution < -0.4 is 16.0 Å². The first-order valence-corrected chi connectivity index (χ1v) is 9.14. The van der Waals surface area contributed by atoms with E-state index in [0.717, 1.165) is 42.7 Å². The Morgan fingerprint density at radius 1 is 1.25 bits per heavy atom. The molecule has 2 aromatic carbocycles. The number of nitrogens with one attached hydrogen (secondary N) is 1. The van der Waals surface area contributed by atoms with Crippen LogP contribution in [0, 0.1) is 12.7 Å². The van der Waals surface area contributed by atoms with Crippen molar-refractivity contribution in [3.63, 3.8) is 0 Å². The van der Waals surface area contributed by atoms with Crippen LogP contribution in [0.3, 0.4) is 0 Å². The highest BCUT2D eigenvalue weighted by molar-refractivity contribution is 5.85. The summed E-state index contributed by atoms with van der Waals surface area (Å²) >= 11 is 0. The number of carbonyl (C=O) groups is 1. The highest BCUT2D eigenvalue weighted by Gasteiger charge is 2.24. The lowest BCUT2D eigenvalue weighted by molar-refractivity contribution is -0.123. The van der Waals surface area contributed by atoms with Gasteiger partial charge in [0.1, 0.15) is 5.82 Å². The number of piperidine rings is 1. The summed E-state index contributed by atoms with van der Waals surface area (Å²) in [5, 5.41) is 3.09. The van der Waals surface area contributed by atoms with E-state index in [1.165, 1.54) is 6.07 Å². The number of carbonyl (C=O) groups excluding carboxylic acids is 1. The molecule has 1 aliphatic rings. The maximum Gasteiger partial charge on any atom is 0.237 e. The molecule has 2 aromatic rings. The van der Waals surface area contributed by atoms with Crippen molar-refractivity contribution in [1.82, 2.24) is 5.32 Å². The second-order valence-electron chi connectivity index (χ2n) is 7.02. The van der Waals surface area contributed by atoms with Crippen LogP contribution in [0.25, 0.3) is 0 Å². The van der Waals surface area contributed by atoms with Crippen molar-refractivity contribution >= 4 is 36.4 Å². The van der Waals surface area contributed by atoms with Crippen molar-refractivity contribution in [3.8, 4) is 0 Å². The maximum absolute atomic E-state index is 13.3. The van der Waals surface area contributed by atoms with Crippen LogP contribution in [0.2, 0.25) is 0 Å². The second-order valence-corrected chi connectivity index (χ2v) is 7.02. The molecule has 1 aliphatic heterocycles. The molecule has 28 heavy (non-hydrogen) atoms. The van der Waals surface area contributed by atoms with Gasteiger partial charge in [-0.15, -0.1) is 24.8 Å². The number of hydrogen-bond donors (Lipinski definition) is 2. The van der Waals surface area contributed by atoms with Gasteiger partial charge in [-0.2, -0.15) is 0 Å². The number of nitrogens with two attached hydrogens (primary N) is 1.